The summed E-state index contributed by atoms with van der Waals surface area (Å²) >= 11 is 0. The Bertz CT molecular complexity index is 1280. The van der Waals surface area contributed by atoms with Gasteiger partial charge in [-0.25, -0.2) is 9.69 Å². The summed E-state index contributed by atoms with van der Waals surface area (Å²) < 4.78 is 5.31. The molecule has 8 nitrogen and oxygen atoms in total. The number of ether oxygens (including phenoxy) is 1. The fraction of sp³-hybridized carbons (Fsp3) is 0.346. The predicted molar refractivity (Wildman–Crippen MR) is 129 cm³/mol. The Labute approximate surface area is 197 Å². The van der Waals surface area contributed by atoms with E-state index in [0.717, 1.165) is 27.1 Å². The Hall–Kier alpha value is -3.65. The molecule has 0 saturated carbocycles. The number of carbonyl (C=O) groups excluding carboxylic acids is 3. The molecule has 1 saturated heterocycles. The Morgan fingerprint density at radius 1 is 1.15 bits per heavy atom. The number of nitrogens with zero attached hydrogens (tertiary/aromatic N) is 2. The first-order valence-electron chi connectivity index (χ1n) is 11.7. The zero-order valence-electron chi connectivity index (χ0n) is 19.4. The van der Waals surface area contributed by atoms with Gasteiger partial charge in [0.25, 0.3) is 11.8 Å². The van der Waals surface area contributed by atoms with Crippen molar-refractivity contribution < 1.29 is 19.1 Å². The van der Waals surface area contributed by atoms with Crippen LogP contribution < -0.4 is 10.2 Å². The molecular formula is C26H28N4O4. The molecule has 1 fully saturated rings. The predicted octanol–water partition coefficient (Wildman–Crippen LogP) is 3.56. The highest BCUT2D eigenvalue weighted by molar-refractivity contribution is 6.25. The number of aromatic nitrogens is 1. The molecule has 4 amide bonds. The lowest BCUT2D eigenvalue weighted by Gasteiger charge is -2.35. The van der Waals surface area contributed by atoms with Crippen molar-refractivity contribution in [3.63, 3.8) is 0 Å². The average molecular weight is 461 g/mol. The summed E-state index contributed by atoms with van der Waals surface area (Å²) in [5.41, 5.74) is 2.19. The number of nitrogens with one attached hydrogen (secondary N) is 2. The van der Waals surface area contributed by atoms with Crippen molar-refractivity contribution in [3.8, 4) is 0 Å². The first-order valence-corrected chi connectivity index (χ1v) is 11.7. The topological polar surface area (TPSA) is 94.7 Å². The third kappa shape index (κ3) is 3.28. The summed E-state index contributed by atoms with van der Waals surface area (Å²) in [6, 6.07) is 14.3. The number of amides is 4. The molecular weight excluding hydrogens is 432 g/mol. The first-order chi connectivity index (χ1) is 16.5. The van der Waals surface area contributed by atoms with Crippen LogP contribution in [-0.4, -0.2) is 54.0 Å². The van der Waals surface area contributed by atoms with Crippen LogP contribution in [0.5, 0.6) is 0 Å². The molecule has 2 aromatic carbocycles. The van der Waals surface area contributed by atoms with E-state index in [0.29, 0.717) is 50.4 Å². The van der Waals surface area contributed by atoms with Gasteiger partial charge >= 0.3 is 6.03 Å². The van der Waals surface area contributed by atoms with Gasteiger partial charge in [0.2, 0.25) is 0 Å². The highest BCUT2D eigenvalue weighted by Gasteiger charge is 2.59. The van der Waals surface area contributed by atoms with Crippen molar-refractivity contribution in [2.75, 3.05) is 31.2 Å². The molecule has 0 spiro atoms. The highest BCUT2D eigenvalue weighted by Crippen LogP contribution is 2.45. The molecule has 34 heavy (non-hydrogen) atoms. The molecule has 1 atom stereocenters. The summed E-state index contributed by atoms with van der Waals surface area (Å²) in [7, 11) is 0. The van der Waals surface area contributed by atoms with Crippen LogP contribution in [-0.2, 0) is 21.5 Å². The van der Waals surface area contributed by atoms with E-state index in [-0.39, 0.29) is 11.8 Å². The molecule has 2 aliphatic heterocycles. The van der Waals surface area contributed by atoms with Gasteiger partial charge in [-0.05, 0) is 50.5 Å². The maximum Gasteiger partial charge on any atom is 0.332 e. The molecule has 3 heterocycles. The van der Waals surface area contributed by atoms with Crippen molar-refractivity contribution in [2.45, 2.75) is 32.2 Å². The van der Waals surface area contributed by atoms with Crippen LogP contribution in [0.1, 0.15) is 41.9 Å². The summed E-state index contributed by atoms with van der Waals surface area (Å²) in [5, 5.41) is 3.94. The number of aromatic amines is 1. The van der Waals surface area contributed by atoms with Crippen LogP contribution in [0, 0.1) is 0 Å². The van der Waals surface area contributed by atoms with Crippen LogP contribution in [0.25, 0.3) is 10.9 Å². The van der Waals surface area contributed by atoms with Crippen molar-refractivity contribution in [3.05, 3.63) is 65.4 Å². The van der Waals surface area contributed by atoms with Gasteiger partial charge in [-0.2, -0.15) is 0 Å². The minimum Gasteiger partial charge on any atom is -0.382 e. The Balaban J connectivity index is 1.49. The van der Waals surface area contributed by atoms with Crippen LogP contribution in [0.2, 0.25) is 0 Å². The second-order valence-electron chi connectivity index (χ2n) is 8.74. The average Bonchev–Trinajstić information content (AvgIpc) is 3.32. The number of para-hydroxylation sites is 2. The van der Waals surface area contributed by atoms with Crippen molar-refractivity contribution in [1.82, 2.24) is 15.2 Å². The van der Waals surface area contributed by atoms with E-state index >= 15 is 0 Å². The molecule has 176 valence electrons. The quantitative estimate of drug-likeness (QED) is 0.416. The molecule has 8 heteroatoms. The van der Waals surface area contributed by atoms with Crippen molar-refractivity contribution >= 4 is 34.4 Å². The third-order valence-corrected chi connectivity index (χ3v) is 6.81. The van der Waals surface area contributed by atoms with Crippen LogP contribution in [0.15, 0.2) is 48.5 Å². The summed E-state index contributed by atoms with van der Waals surface area (Å²) in [5.74, 6) is -0.685. The maximum absolute atomic E-state index is 13.9. The smallest absolute Gasteiger partial charge is 0.332 e. The number of benzene rings is 2. The minimum atomic E-state index is -1.16. The van der Waals surface area contributed by atoms with E-state index in [4.69, 9.17) is 4.74 Å². The molecule has 1 unspecified atom stereocenters. The van der Waals surface area contributed by atoms with Gasteiger partial charge in [0.1, 0.15) is 0 Å². The van der Waals surface area contributed by atoms with Gasteiger partial charge in [0.05, 0.1) is 16.9 Å². The van der Waals surface area contributed by atoms with E-state index in [9.17, 15) is 14.4 Å². The van der Waals surface area contributed by atoms with Gasteiger partial charge in [0, 0.05) is 37.2 Å². The van der Waals surface area contributed by atoms with Crippen molar-refractivity contribution in [1.29, 1.82) is 0 Å². The Kier molecular flexibility index (Phi) is 5.61. The zero-order chi connectivity index (χ0) is 23.9. The van der Waals surface area contributed by atoms with E-state index < -0.39 is 11.6 Å². The fourth-order valence-electron chi connectivity index (χ4n) is 5.08. The Morgan fingerprint density at radius 2 is 1.91 bits per heavy atom. The lowest BCUT2D eigenvalue weighted by atomic mass is 9.87. The molecule has 0 bridgehead atoms. The summed E-state index contributed by atoms with van der Waals surface area (Å²) in [4.78, 5) is 46.6. The number of fused-ring (bicyclic) bond motifs is 5. The minimum absolute atomic E-state index is 0.293. The van der Waals surface area contributed by atoms with Crippen molar-refractivity contribution in [2.24, 2.45) is 0 Å². The van der Waals surface area contributed by atoms with E-state index in [2.05, 4.69) is 10.3 Å². The molecule has 1 aromatic heterocycles. The number of rotatable bonds is 7. The number of urea groups is 1. The SMILES string of the molecule is CCOCCCNC(=O)c1ccccc1N1C(=O)N2CCc3c([nH]c4ccccc34)C2(C)C1=O. The van der Waals surface area contributed by atoms with Gasteiger partial charge in [-0.15, -0.1) is 0 Å². The van der Waals surface area contributed by atoms with Crippen LogP contribution >= 0.6 is 0 Å². The van der Waals surface area contributed by atoms with Gasteiger partial charge in [0.15, 0.2) is 5.54 Å². The van der Waals surface area contributed by atoms with E-state index in [1.54, 1.807) is 36.1 Å². The monoisotopic (exact) mass is 460 g/mol. The number of carbonyl (C=O) groups is 3. The second-order valence-corrected chi connectivity index (χ2v) is 8.74. The van der Waals surface area contributed by atoms with E-state index in [1.165, 1.54) is 0 Å². The number of imide groups is 1. The largest absolute Gasteiger partial charge is 0.382 e. The first kappa shape index (κ1) is 22.2. The van der Waals surface area contributed by atoms with Crippen LogP contribution in [0.4, 0.5) is 10.5 Å². The zero-order valence-corrected chi connectivity index (χ0v) is 19.4. The normalized spacial score (nSPS) is 19.5. The van der Waals surface area contributed by atoms with Gasteiger partial charge in [-0.3, -0.25) is 9.59 Å². The highest BCUT2D eigenvalue weighted by atomic mass is 16.5. The number of H-pyrrole nitrogens is 1. The summed E-state index contributed by atoms with van der Waals surface area (Å²) in [6.45, 7) is 5.77. The van der Waals surface area contributed by atoms with Crippen LogP contribution in [0.3, 0.4) is 0 Å². The number of hydrogen-bond acceptors (Lipinski definition) is 4. The lowest BCUT2D eigenvalue weighted by molar-refractivity contribution is -0.125. The maximum atomic E-state index is 13.9. The standard InChI is InChI=1S/C26H28N4O4/c1-3-34-16-8-14-27-23(31)19-10-5-7-12-21(19)30-24(32)26(2)22-18(13-15-29(26)25(30)33)17-9-4-6-11-20(17)28-22/h4-7,9-12,28H,3,8,13-16H2,1-2H3,(H,27,31). The molecule has 3 aromatic rings. The van der Waals surface area contributed by atoms with Gasteiger partial charge in [-0.1, -0.05) is 30.3 Å². The molecule has 0 aliphatic carbocycles. The second kappa shape index (κ2) is 8.61. The molecule has 0 radical (unpaired) electrons. The molecule has 5 rings (SSSR count). The number of hydrogen-bond donors (Lipinski definition) is 2. The van der Waals surface area contributed by atoms with Gasteiger partial charge < -0.3 is 19.9 Å². The molecule has 2 aliphatic rings. The fourth-order valence-corrected chi connectivity index (χ4v) is 5.08. The lowest BCUT2D eigenvalue weighted by Crippen LogP contribution is -2.49. The van der Waals surface area contributed by atoms with E-state index in [1.807, 2.05) is 31.2 Å². The number of anilines is 1. The summed E-state index contributed by atoms with van der Waals surface area (Å²) in [6.07, 6.45) is 1.34. The Morgan fingerprint density at radius 3 is 2.74 bits per heavy atom. The third-order valence-electron chi connectivity index (χ3n) is 6.81. The molecule has 2 N–H and O–H groups in total.